The number of nitrogens with zero attached hydrogens (tertiary/aromatic N) is 1. The molecule has 1 saturated heterocycles. The number of rotatable bonds is 6. The van der Waals surface area contributed by atoms with Gasteiger partial charge in [0.25, 0.3) is 0 Å². The molecular weight excluding hydrogens is 437 g/mol. The van der Waals surface area contributed by atoms with Crippen molar-refractivity contribution in [2.75, 3.05) is 18.4 Å². The normalized spacial score (nSPS) is 15.4. The Kier molecular flexibility index (Phi) is 8.26. The van der Waals surface area contributed by atoms with Gasteiger partial charge in [0.1, 0.15) is 17.5 Å². The number of carbonyl (C=O) groups excluding carboxylic acids is 3. The average molecular weight is 470 g/mol. The van der Waals surface area contributed by atoms with Crippen LogP contribution in [0.4, 0.5) is 14.9 Å². The molecule has 7 nitrogen and oxygen atoms in total. The van der Waals surface area contributed by atoms with Crippen molar-refractivity contribution >= 4 is 23.6 Å². The smallest absolute Gasteiger partial charge is 0.410 e. The lowest BCUT2D eigenvalue weighted by molar-refractivity contribution is -0.130. The Balaban J connectivity index is 1.62. The first-order valence-corrected chi connectivity index (χ1v) is 11.5. The Hall–Kier alpha value is -3.42. The second-order valence-corrected chi connectivity index (χ2v) is 9.49. The van der Waals surface area contributed by atoms with E-state index in [-0.39, 0.29) is 23.8 Å². The van der Waals surface area contributed by atoms with Crippen LogP contribution in [0.25, 0.3) is 0 Å². The van der Waals surface area contributed by atoms with Gasteiger partial charge in [0, 0.05) is 31.1 Å². The highest BCUT2D eigenvalue weighted by Crippen LogP contribution is 2.20. The molecule has 3 rings (SSSR count). The minimum absolute atomic E-state index is 0.223. The molecule has 1 atom stereocenters. The maximum Gasteiger partial charge on any atom is 0.410 e. The minimum atomic E-state index is -0.802. The summed E-state index contributed by atoms with van der Waals surface area (Å²) in [6.07, 6.45) is 0.911. The fourth-order valence-electron chi connectivity index (χ4n) is 3.76. The summed E-state index contributed by atoms with van der Waals surface area (Å²) in [7, 11) is 0. The second kappa shape index (κ2) is 11.1. The maximum absolute atomic E-state index is 13.2. The Labute approximate surface area is 199 Å². The van der Waals surface area contributed by atoms with E-state index in [1.807, 2.05) is 51.1 Å². The van der Waals surface area contributed by atoms with Crippen molar-refractivity contribution in [1.82, 2.24) is 10.2 Å². The van der Waals surface area contributed by atoms with E-state index in [1.165, 1.54) is 24.3 Å². The van der Waals surface area contributed by atoms with E-state index in [4.69, 9.17) is 4.74 Å². The summed E-state index contributed by atoms with van der Waals surface area (Å²) in [5.74, 6) is -1.31. The van der Waals surface area contributed by atoms with Gasteiger partial charge in [0.05, 0.1) is 0 Å². The van der Waals surface area contributed by atoms with Gasteiger partial charge >= 0.3 is 6.09 Å². The number of halogens is 1. The van der Waals surface area contributed by atoms with Gasteiger partial charge in [0.2, 0.25) is 11.8 Å². The predicted octanol–water partition coefficient (Wildman–Crippen LogP) is 4.14. The van der Waals surface area contributed by atoms with Crippen LogP contribution in [0.15, 0.2) is 54.6 Å². The maximum atomic E-state index is 13.2. The predicted molar refractivity (Wildman–Crippen MR) is 128 cm³/mol. The van der Waals surface area contributed by atoms with Gasteiger partial charge in [0.15, 0.2) is 0 Å². The molecule has 0 saturated carbocycles. The summed E-state index contributed by atoms with van der Waals surface area (Å²) < 4.78 is 18.6. The average Bonchev–Trinajstić information content (AvgIpc) is 2.79. The highest BCUT2D eigenvalue weighted by atomic mass is 19.1. The van der Waals surface area contributed by atoms with Crippen LogP contribution >= 0.6 is 0 Å². The van der Waals surface area contributed by atoms with Crippen LogP contribution in [-0.2, 0) is 20.7 Å². The zero-order valence-corrected chi connectivity index (χ0v) is 19.8. The number of amides is 3. The van der Waals surface area contributed by atoms with E-state index in [0.717, 1.165) is 5.56 Å². The Morgan fingerprint density at radius 3 is 2.24 bits per heavy atom. The number of piperidine rings is 1. The monoisotopic (exact) mass is 469 g/mol. The lowest BCUT2D eigenvalue weighted by Gasteiger charge is -2.33. The molecule has 1 aliphatic heterocycles. The zero-order valence-electron chi connectivity index (χ0n) is 19.8. The van der Waals surface area contributed by atoms with E-state index in [0.29, 0.717) is 38.0 Å². The fraction of sp³-hybridized carbons (Fsp3) is 0.423. The molecule has 8 heteroatoms. The molecule has 2 N–H and O–H groups in total. The van der Waals surface area contributed by atoms with Crippen molar-refractivity contribution in [2.24, 2.45) is 5.92 Å². The van der Waals surface area contributed by atoms with E-state index in [2.05, 4.69) is 10.6 Å². The molecule has 182 valence electrons. The summed E-state index contributed by atoms with van der Waals surface area (Å²) in [6, 6.07) is 14.1. The van der Waals surface area contributed by atoms with E-state index in [9.17, 15) is 18.8 Å². The molecule has 2 aromatic rings. The number of hydrogen-bond acceptors (Lipinski definition) is 4. The second-order valence-electron chi connectivity index (χ2n) is 9.49. The van der Waals surface area contributed by atoms with Crippen molar-refractivity contribution < 1.29 is 23.5 Å². The van der Waals surface area contributed by atoms with Crippen molar-refractivity contribution in [3.8, 4) is 0 Å². The molecular formula is C26H32FN3O4. The number of likely N-dealkylation sites (tertiary alicyclic amines) is 1. The first-order valence-electron chi connectivity index (χ1n) is 11.5. The summed E-state index contributed by atoms with van der Waals surface area (Å²) in [6.45, 7) is 6.27. The number of benzene rings is 2. The highest BCUT2D eigenvalue weighted by Gasteiger charge is 2.32. The molecule has 0 bridgehead atoms. The molecule has 1 fully saturated rings. The van der Waals surface area contributed by atoms with Crippen molar-refractivity contribution in [3.05, 3.63) is 66.0 Å². The zero-order chi connectivity index (χ0) is 24.7. The van der Waals surface area contributed by atoms with E-state index >= 15 is 0 Å². The molecule has 0 spiro atoms. The van der Waals surface area contributed by atoms with Crippen LogP contribution in [0.3, 0.4) is 0 Å². The van der Waals surface area contributed by atoms with E-state index in [1.54, 1.807) is 4.90 Å². The van der Waals surface area contributed by atoms with Gasteiger partial charge in [-0.1, -0.05) is 30.3 Å². The molecule has 2 aromatic carbocycles. The summed E-state index contributed by atoms with van der Waals surface area (Å²) in [5, 5.41) is 5.64. The third-order valence-corrected chi connectivity index (χ3v) is 5.54. The van der Waals surface area contributed by atoms with Crippen LogP contribution in [-0.4, -0.2) is 47.5 Å². The SMILES string of the molecule is CC(C)(C)OC(=O)N1CCC(C(=O)NC(Cc2ccccc2)C(=O)Nc2ccc(F)cc2)CC1. The molecule has 0 radical (unpaired) electrons. The molecule has 0 aromatic heterocycles. The number of anilines is 1. The van der Waals surface area contributed by atoms with Gasteiger partial charge in [-0.3, -0.25) is 9.59 Å². The molecule has 1 aliphatic rings. The molecule has 0 aliphatic carbocycles. The quantitative estimate of drug-likeness (QED) is 0.666. The molecule has 34 heavy (non-hydrogen) atoms. The van der Waals surface area contributed by atoms with E-state index < -0.39 is 17.5 Å². The number of hydrogen-bond donors (Lipinski definition) is 2. The summed E-state index contributed by atoms with van der Waals surface area (Å²) >= 11 is 0. The fourth-order valence-corrected chi connectivity index (χ4v) is 3.76. The summed E-state index contributed by atoms with van der Waals surface area (Å²) in [5.41, 5.74) is 0.777. The molecule has 3 amide bonds. The Morgan fingerprint density at radius 2 is 1.65 bits per heavy atom. The first kappa shape index (κ1) is 25.2. The van der Waals surface area contributed by atoms with Crippen LogP contribution in [0.5, 0.6) is 0 Å². The Bertz CT molecular complexity index is 981. The Morgan fingerprint density at radius 1 is 1.03 bits per heavy atom. The van der Waals surface area contributed by atoms with Crippen LogP contribution in [0.2, 0.25) is 0 Å². The van der Waals surface area contributed by atoms with Gasteiger partial charge in [-0.2, -0.15) is 0 Å². The van der Waals surface area contributed by atoms with Gasteiger partial charge in [-0.05, 0) is 63.4 Å². The standard InChI is InChI=1S/C26H32FN3O4/c1-26(2,3)34-25(33)30-15-13-19(14-16-30)23(31)29-22(17-18-7-5-4-6-8-18)24(32)28-21-11-9-20(27)10-12-21/h4-12,19,22H,13-17H2,1-3H3,(H,28,32)(H,29,31). The largest absolute Gasteiger partial charge is 0.444 e. The van der Waals surface area contributed by atoms with Crippen LogP contribution < -0.4 is 10.6 Å². The third-order valence-electron chi connectivity index (χ3n) is 5.54. The highest BCUT2D eigenvalue weighted by molar-refractivity contribution is 5.97. The third kappa shape index (κ3) is 7.57. The van der Waals surface area contributed by atoms with Crippen molar-refractivity contribution in [2.45, 2.75) is 51.7 Å². The van der Waals surface area contributed by atoms with Gasteiger partial charge in [-0.15, -0.1) is 0 Å². The summed E-state index contributed by atoms with van der Waals surface area (Å²) in [4.78, 5) is 39.9. The molecule has 1 heterocycles. The lowest BCUT2D eigenvalue weighted by atomic mass is 9.95. The van der Waals surface area contributed by atoms with Crippen molar-refractivity contribution in [1.29, 1.82) is 0 Å². The topological polar surface area (TPSA) is 87.7 Å². The van der Waals surface area contributed by atoms with Crippen LogP contribution in [0.1, 0.15) is 39.2 Å². The van der Waals surface area contributed by atoms with Crippen LogP contribution in [0, 0.1) is 11.7 Å². The number of ether oxygens (including phenoxy) is 1. The lowest BCUT2D eigenvalue weighted by Crippen LogP contribution is -2.50. The number of carbonyl (C=O) groups is 3. The minimum Gasteiger partial charge on any atom is -0.444 e. The molecule has 1 unspecified atom stereocenters. The van der Waals surface area contributed by atoms with Gasteiger partial charge < -0.3 is 20.3 Å². The first-order chi connectivity index (χ1) is 16.1. The van der Waals surface area contributed by atoms with Crippen molar-refractivity contribution in [3.63, 3.8) is 0 Å². The van der Waals surface area contributed by atoms with Gasteiger partial charge in [-0.25, -0.2) is 9.18 Å². The number of nitrogens with one attached hydrogen (secondary N) is 2.